The summed E-state index contributed by atoms with van der Waals surface area (Å²) in [4.78, 5) is 43.4. The first kappa shape index (κ1) is 29.9. The first-order valence-electron chi connectivity index (χ1n) is 13.8. The molecule has 2 amide bonds. The van der Waals surface area contributed by atoms with Crippen LogP contribution in [0.4, 0.5) is 22.7 Å². The van der Waals surface area contributed by atoms with E-state index in [9.17, 15) is 19.5 Å². The SMILES string of the molecule is COc1ccc(C(=O)Nc2ccc3[nH]c(=O)[nH]c3c2)cc1N=Nc1c(O)c(C(=O)Nc2cc(Cl)ccc2OC)cc2ccccc12. The Morgan fingerprint density at radius 3 is 2.37 bits per heavy atom. The number of ether oxygens (including phenoxy) is 2. The van der Waals surface area contributed by atoms with Gasteiger partial charge in [0.2, 0.25) is 0 Å². The van der Waals surface area contributed by atoms with Crippen LogP contribution in [0.15, 0.2) is 100.0 Å². The number of aromatic nitrogens is 2. The van der Waals surface area contributed by atoms with Crippen LogP contribution < -0.4 is 25.8 Å². The minimum atomic E-state index is -0.626. The molecule has 46 heavy (non-hydrogen) atoms. The number of amides is 2. The van der Waals surface area contributed by atoms with Gasteiger partial charge in [-0.25, -0.2) is 4.79 Å². The lowest BCUT2D eigenvalue weighted by Gasteiger charge is -2.13. The van der Waals surface area contributed by atoms with Crippen molar-refractivity contribution in [2.45, 2.75) is 0 Å². The molecule has 0 radical (unpaired) electrons. The fraction of sp³-hybridized carbons (Fsp3) is 0.0606. The van der Waals surface area contributed by atoms with Gasteiger partial charge in [0.25, 0.3) is 11.8 Å². The summed E-state index contributed by atoms with van der Waals surface area (Å²) in [5, 5.41) is 27.0. The van der Waals surface area contributed by atoms with Crippen molar-refractivity contribution >= 4 is 68.0 Å². The number of nitrogens with one attached hydrogen (secondary N) is 4. The highest BCUT2D eigenvalue weighted by atomic mass is 35.5. The molecule has 6 aromatic rings. The van der Waals surface area contributed by atoms with Gasteiger partial charge < -0.3 is 35.2 Å². The Balaban J connectivity index is 1.34. The third kappa shape index (κ3) is 5.97. The van der Waals surface area contributed by atoms with Gasteiger partial charge in [0.05, 0.1) is 36.5 Å². The third-order valence-corrected chi connectivity index (χ3v) is 7.36. The van der Waals surface area contributed by atoms with Crippen LogP contribution in [0.2, 0.25) is 5.02 Å². The molecule has 0 aliphatic rings. The standard InChI is InChI=1S/C33H25ClN6O6/c1-45-27-12-8-19(34)15-25(27)36-32(43)22-13-17-5-3-4-6-21(17)29(30(22)41)40-39-26-14-18(7-11-28(26)46-2)31(42)35-20-9-10-23-24(16-20)38-33(44)37-23/h3-16,41H,1-2H3,(H,35,42)(H,36,43)(H2,37,38,44). The molecule has 0 aliphatic heterocycles. The fourth-order valence-electron chi connectivity index (χ4n) is 4.89. The Morgan fingerprint density at radius 2 is 1.57 bits per heavy atom. The Morgan fingerprint density at radius 1 is 0.804 bits per heavy atom. The Labute approximate surface area is 265 Å². The third-order valence-electron chi connectivity index (χ3n) is 7.12. The van der Waals surface area contributed by atoms with Crippen molar-refractivity contribution in [3.63, 3.8) is 0 Å². The number of phenols is 1. The van der Waals surface area contributed by atoms with E-state index in [1.54, 1.807) is 72.8 Å². The molecule has 0 saturated heterocycles. The van der Waals surface area contributed by atoms with Crippen molar-refractivity contribution in [1.29, 1.82) is 0 Å². The largest absolute Gasteiger partial charge is 0.505 e. The van der Waals surface area contributed by atoms with E-state index in [4.69, 9.17) is 21.1 Å². The maximum absolute atomic E-state index is 13.4. The highest BCUT2D eigenvalue weighted by Crippen LogP contribution is 2.41. The zero-order valence-corrected chi connectivity index (χ0v) is 25.1. The van der Waals surface area contributed by atoms with Crippen molar-refractivity contribution in [2.24, 2.45) is 10.2 Å². The summed E-state index contributed by atoms with van der Waals surface area (Å²) >= 11 is 6.12. The zero-order chi connectivity index (χ0) is 32.4. The lowest BCUT2D eigenvalue weighted by molar-refractivity contribution is 0.101. The number of H-pyrrole nitrogens is 2. The van der Waals surface area contributed by atoms with E-state index >= 15 is 0 Å². The van der Waals surface area contributed by atoms with Crippen LogP contribution in [-0.4, -0.2) is 41.1 Å². The van der Waals surface area contributed by atoms with Gasteiger partial charge in [0, 0.05) is 21.7 Å². The monoisotopic (exact) mass is 636 g/mol. The molecule has 13 heteroatoms. The number of hydrogen-bond donors (Lipinski definition) is 5. The molecule has 0 aliphatic carbocycles. The first-order valence-corrected chi connectivity index (χ1v) is 14.1. The van der Waals surface area contributed by atoms with Gasteiger partial charge in [-0.2, -0.15) is 0 Å². The smallest absolute Gasteiger partial charge is 0.323 e. The van der Waals surface area contributed by atoms with E-state index in [-0.39, 0.29) is 28.2 Å². The number of imidazole rings is 1. The van der Waals surface area contributed by atoms with Crippen molar-refractivity contribution in [3.8, 4) is 17.2 Å². The maximum Gasteiger partial charge on any atom is 0.323 e. The van der Waals surface area contributed by atoms with Crippen molar-refractivity contribution < 1.29 is 24.2 Å². The number of methoxy groups -OCH3 is 2. The molecule has 230 valence electrons. The number of carbonyl (C=O) groups is 2. The first-order chi connectivity index (χ1) is 22.2. The maximum atomic E-state index is 13.4. The van der Waals surface area contributed by atoms with Gasteiger partial charge in [-0.3, -0.25) is 9.59 Å². The number of benzene rings is 5. The molecule has 0 fully saturated rings. The van der Waals surface area contributed by atoms with Gasteiger partial charge in [0.15, 0.2) is 5.75 Å². The van der Waals surface area contributed by atoms with Gasteiger partial charge >= 0.3 is 5.69 Å². The number of nitrogens with zero attached hydrogens (tertiary/aromatic N) is 2. The van der Waals surface area contributed by atoms with E-state index in [1.807, 2.05) is 0 Å². The number of anilines is 2. The minimum Gasteiger partial charge on any atom is -0.505 e. The lowest BCUT2D eigenvalue weighted by Crippen LogP contribution is -2.13. The Kier molecular flexibility index (Phi) is 8.10. The van der Waals surface area contributed by atoms with E-state index < -0.39 is 17.6 Å². The van der Waals surface area contributed by atoms with Crippen LogP contribution in [0.5, 0.6) is 17.2 Å². The molecule has 0 spiro atoms. The van der Waals surface area contributed by atoms with E-state index in [0.29, 0.717) is 49.7 Å². The fourth-order valence-corrected chi connectivity index (χ4v) is 5.06. The Hall–Kier alpha value is -6.14. The highest BCUT2D eigenvalue weighted by Gasteiger charge is 2.20. The van der Waals surface area contributed by atoms with Crippen LogP contribution in [0.3, 0.4) is 0 Å². The van der Waals surface area contributed by atoms with Gasteiger partial charge in [-0.15, -0.1) is 10.2 Å². The Bertz CT molecular complexity index is 2240. The second-order valence-corrected chi connectivity index (χ2v) is 10.5. The second-order valence-electron chi connectivity index (χ2n) is 10.0. The van der Waals surface area contributed by atoms with Gasteiger partial charge in [-0.05, 0) is 66.0 Å². The molecule has 0 atom stereocenters. The number of hydrogen-bond acceptors (Lipinski definition) is 8. The lowest BCUT2D eigenvalue weighted by atomic mass is 10.0. The van der Waals surface area contributed by atoms with Crippen molar-refractivity contribution in [1.82, 2.24) is 9.97 Å². The van der Waals surface area contributed by atoms with Crippen LogP contribution in [0.25, 0.3) is 21.8 Å². The summed E-state index contributed by atoms with van der Waals surface area (Å²) in [5.41, 5.74) is 2.00. The summed E-state index contributed by atoms with van der Waals surface area (Å²) in [7, 11) is 2.91. The highest BCUT2D eigenvalue weighted by molar-refractivity contribution is 6.31. The molecular formula is C33H25ClN6O6. The summed E-state index contributed by atoms with van der Waals surface area (Å²) in [6.07, 6.45) is 0. The van der Waals surface area contributed by atoms with E-state index in [1.165, 1.54) is 26.4 Å². The topological polar surface area (TPSA) is 170 Å². The summed E-state index contributed by atoms with van der Waals surface area (Å²) in [6.45, 7) is 0. The van der Waals surface area contributed by atoms with Gasteiger partial charge in [0.1, 0.15) is 22.9 Å². The van der Waals surface area contributed by atoms with E-state index in [2.05, 4.69) is 30.8 Å². The molecular weight excluding hydrogens is 612 g/mol. The van der Waals surface area contributed by atoms with E-state index in [0.717, 1.165) is 0 Å². The number of rotatable bonds is 8. The number of aromatic hydroxyl groups is 1. The predicted molar refractivity (Wildman–Crippen MR) is 176 cm³/mol. The molecule has 1 heterocycles. The number of aromatic amines is 2. The number of halogens is 1. The van der Waals surface area contributed by atoms with Gasteiger partial charge in [-0.1, -0.05) is 35.9 Å². The molecule has 6 rings (SSSR count). The molecule has 0 saturated carbocycles. The van der Waals surface area contributed by atoms with Crippen LogP contribution in [-0.2, 0) is 0 Å². The molecule has 0 bridgehead atoms. The predicted octanol–water partition coefficient (Wildman–Crippen LogP) is 7.31. The molecule has 5 N–H and O–H groups in total. The molecule has 1 aromatic heterocycles. The zero-order valence-electron chi connectivity index (χ0n) is 24.3. The van der Waals surface area contributed by atoms with Crippen molar-refractivity contribution in [3.05, 3.63) is 112 Å². The quantitative estimate of drug-likeness (QED) is 0.110. The normalized spacial score (nSPS) is 11.2. The molecule has 0 unspecified atom stereocenters. The molecule has 12 nitrogen and oxygen atoms in total. The van der Waals surface area contributed by atoms with Crippen LogP contribution in [0, 0.1) is 0 Å². The number of carbonyl (C=O) groups excluding carboxylic acids is 2. The number of phenolic OH excluding ortho intramolecular Hbond substituents is 1. The number of azo groups is 1. The summed E-state index contributed by atoms with van der Waals surface area (Å²) in [5.74, 6) is -0.781. The van der Waals surface area contributed by atoms with Crippen LogP contribution in [0.1, 0.15) is 20.7 Å². The minimum absolute atomic E-state index is 0.0343. The van der Waals surface area contributed by atoms with Crippen LogP contribution >= 0.6 is 11.6 Å². The average molecular weight is 637 g/mol. The second kappa shape index (κ2) is 12.5. The molecule has 5 aromatic carbocycles. The number of fused-ring (bicyclic) bond motifs is 2. The summed E-state index contributed by atoms with van der Waals surface area (Å²) < 4.78 is 10.8. The average Bonchev–Trinajstić information content (AvgIpc) is 3.43. The summed E-state index contributed by atoms with van der Waals surface area (Å²) in [6, 6.07) is 23.0. The van der Waals surface area contributed by atoms with Crippen molar-refractivity contribution in [2.75, 3.05) is 24.9 Å².